The summed E-state index contributed by atoms with van der Waals surface area (Å²) in [6.45, 7) is 10.5. The van der Waals surface area contributed by atoms with Crippen LogP contribution in [0.2, 0.25) is 0 Å². The van der Waals surface area contributed by atoms with Gasteiger partial charge in [-0.3, -0.25) is 0 Å². The Labute approximate surface area is 73.4 Å². The largest absolute Gasteiger partial charge is 0.460 e. The Morgan fingerprint density at radius 3 is 2.12 bits per heavy atom. The molecule has 0 amide bonds. The third-order valence-electron chi connectivity index (χ3n) is 0.813. The molecule has 0 aliphatic rings. The second-order valence-corrected chi connectivity index (χ2v) is 1.35. The molecule has 0 saturated heterocycles. The third-order valence-corrected chi connectivity index (χ3v) is 0.813. The minimum atomic E-state index is 0. The summed E-state index contributed by atoms with van der Waals surface area (Å²) in [5.41, 5.74) is 0. The summed E-state index contributed by atoms with van der Waals surface area (Å²) < 4.78 is 0. The Morgan fingerprint density at radius 2 is 2.00 bits per heavy atom. The fourth-order valence-electron chi connectivity index (χ4n) is 0.394. The zero-order chi connectivity index (χ0) is 5.28. The van der Waals surface area contributed by atoms with Crippen LogP contribution in [0, 0.1) is 0 Å². The molecule has 2 heteroatoms. The van der Waals surface area contributed by atoms with Crippen LogP contribution in [0.15, 0.2) is 12.3 Å². The summed E-state index contributed by atoms with van der Waals surface area (Å²) in [7, 11) is 0. The Morgan fingerprint density at radius 1 is 1.38 bits per heavy atom. The molecule has 1 heterocycles. The molecule has 1 aromatic rings. The summed E-state index contributed by atoms with van der Waals surface area (Å²) in [5.74, 6) is 0. The molecule has 1 radical (unpaired) electrons. The maximum atomic E-state index is 5.28. The van der Waals surface area contributed by atoms with E-state index in [0.29, 0.717) is 10.6 Å². The topological polar surface area (TPSA) is 15.8 Å². The molecule has 0 saturated carbocycles. The molecule has 1 aromatic heterocycles. The first-order valence-electron chi connectivity index (χ1n) is 1.99. The van der Waals surface area contributed by atoms with Crippen molar-refractivity contribution in [2.75, 3.05) is 0 Å². The fraction of sp³-hybridized carbons (Fsp3) is 0. The van der Waals surface area contributed by atoms with Crippen LogP contribution in [-0.2, 0) is 32.7 Å². The van der Waals surface area contributed by atoms with Crippen molar-refractivity contribution < 1.29 is 32.7 Å². The average molecular weight is 180 g/mol. The number of hydrogen-bond donors (Lipinski definition) is 1. The van der Waals surface area contributed by atoms with E-state index in [2.05, 4.69) is 4.98 Å². The standard InChI is InChI=1S/C6H5N.Y/c1-5-3-4-7-6(5)2;/h1-4,7H;/q-2;. The normalized spacial score (nSPS) is 8.00. The molecule has 0 atom stereocenters. The molecule has 39 valence electrons. The number of nitrogens with one attached hydrogen (secondary N) is 1. The maximum absolute atomic E-state index is 5.28. The first-order valence-corrected chi connectivity index (χ1v) is 1.99. The van der Waals surface area contributed by atoms with Crippen molar-refractivity contribution in [2.24, 2.45) is 0 Å². The van der Waals surface area contributed by atoms with Crippen LogP contribution in [0.4, 0.5) is 0 Å². The van der Waals surface area contributed by atoms with Gasteiger partial charge < -0.3 is 23.4 Å². The zero-order valence-corrected chi connectivity index (χ0v) is 7.23. The SMILES string of the molecule is [CH-]=c1cc[nH]c1=[CH-].[Y]. The minimum Gasteiger partial charge on any atom is -0.460 e. The van der Waals surface area contributed by atoms with Crippen LogP contribution in [0.3, 0.4) is 0 Å². The Kier molecular flexibility index (Phi) is 3.26. The van der Waals surface area contributed by atoms with Gasteiger partial charge in [0.25, 0.3) is 0 Å². The molecular formula is C6H5NY-2. The van der Waals surface area contributed by atoms with Gasteiger partial charge >= 0.3 is 0 Å². The average Bonchev–Trinajstić information content (AvgIpc) is 1.91. The molecule has 1 rings (SSSR count). The monoisotopic (exact) mass is 180 g/mol. The van der Waals surface area contributed by atoms with E-state index in [1.165, 1.54) is 0 Å². The van der Waals surface area contributed by atoms with Gasteiger partial charge in [-0.05, 0) is 0 Å². The summed E-state index contributed by atoms with van der Waals surface area (Å²) >= 11 is 0. The van der Waals surface area contributed by atoms with Gasteiger partial charge in [0, 0.05) is 32.7 Å². The van der Waals surface area contributed by atoms with Gasteiger partial charge in [0.05, 0.1) is 0 Å². The number of aromatic amines is 1. The van der Waals surface area contributed by atoms with Crippen molar-refractivity contribution in [3.05, 3.63) is 22.8 Å². The van der Waals surface area contributed by atoms with E-state index < -0.39 is 0 Å². The van der Waals surface area contributed by atoms with Crippen LogP contribution < -0.4 is 10.6 Å². The number of rotatable bonds is 0. The second kappa shape index (κ2) is 3.21. The molecule has 0 spiro atoms. The molecule has 1 nitrogen and oxygen atoms in total. The molecule has 0 aromatic carbocycles. The van der Waals surface area contributed by atoms with E-state index in [0.717, 1.165) is 0 Å². The van der Waals surface area contributed by atoms with Gasteiger partial charge in [-0.15, -0.1) is 0 Å². The number of aromatic nitrogens is 1. The summed E-state index contributed by atoms with van der Waals surface area (Å²) in [6.07, 6.45) is 1.70. The molecule has 0 aliphatic carbocycles. The van der Waals surface area contributed by atoms with Crippen molar-refractivity contribution >= 4 is 13.2 Å². The third kappa shape index (κ3) is 1.57. The van der Waals surface area contributed by atoms with Crippen LogP contribution in [-0.4, -0.2) is 4.98 Å². The van der Waals surface area contributed by atoms with E-state index in [4.69, 9.17) is 13.2 Å². The summed E-state index contributed by atoms with van der Waals surface area (Å²) in [5, 5.41) is 1.15. The first kappa shape index (κ1) is 8.12. The number of hydrogen-bond acceptors (Lipinski definition) is 0. The molecular weight excluding hydrogens is 175 g/mol. The Balaban J connectivity index is 0.000000490. The van der Waals surface area contributed by atoms with Gasteiger partial charge in [-0.2, -0.15) is 0 Å². The van der Waals surface area contributed by atoms with Crippen LogP contribution in [0.25, 0.3) is 13.2 Å². The fourth-order valence-corrected chi connectivity index (χ4v) is 0.394. The minimum absolute atomic E-state index is 0. The van der Waals surface area contributed by atoms with E-state index in [9.17, 15) is 0 Å². The molecule has 0 fully saturated rings. The van der Waals surface area contributed by atoms with Crippen LogP contribution >= 0.6 is 0 Å². The number of H-pyrrole nitrogens is 1. The molecule has 1 N–H and O–H groups in total. The maximum Gasteiger partial charge on any atom is 0 e. The first-order chi connectivity index (χ1) is 3.30. The van der Waals surface area contributed by atoms with E-state index in [-0.39, 0.29) is 32.7 Å². The van der Waals surface area contributed by atoms with Crippen molar-refractivity contribution in [1.82, 2.24) is 4.98 Å². The van der Waals surface area contributed by atoms with Gasteiger partial charge in [0.15, 0.2) is 0 Å². The quantitative estimate of drug-likeness (QED) is 0.522. The van der Waals surface area contributed by atoms with Crippen molar-refractivity contribution in [3.8, 4) is 0 Å². The summed E-state index contributed by atoms with van der Waals surface area (Å²) in [6, 6.07) is 1.72. The summed E-state index contributed by atoms with van der Waals surface area (Å²) in [4.78, 5) is 2.72. The van der Waals surface area contributed by atoms with Gasteiger partial charge in [-0.25, -0.2) is 11.4 Å². The van der Waals surface area contributed by atoms with Crippen molar-refractivity contribution in [2.45, 2.75) is 0 Å². The van der Waals surface area contributed by atoms with E-state index in [1.807, 2.05) is 0 Å². The van der Waals surface area contributed by atoms with Gasteiger partial charge in [0.2, 0.25) is 0 Å². The molecule has 8 heavy (non-hydrogen) atoms. The smallest absolute Gasteiger partial charge is 0 e. The molecule has 0 unspecified atom stereocenters. The predicted molar refractivity (Wildman–Crippen MR) is 29.0 cm³/mol. The second-order valence-electron chi connectivity index (χ2n) is 1.35. The van der Waals surface area contributed by atoms with Crippen LogP contribution in [0.1, 0.15) is 0 Å². The molecule has 0 aliphatic heterocycles. The Hall–Kier alpha value is 0.124. The van der Waals surface area contributed by atoms with Gasteiger partial charge in [0.1, 0.15) is 0 Å². The van der Waals surface area contributed by atoms with E-state index in [1.54, 1.807) is 12.3 Å². The van der Waals surface area contributed by atoms with Gasteiger partial charge in [-0.1, -0.05) is 6.20 Å². The van der Waals surface area contributed by atoms with Crippen molar-refractivity contribution in [1.29, 1.82) is 0 Å². The zero-order valence-electron chi connectivity index (χ0n) is 4.39. The predicted octanol–water partition coefficient (Wildman–Crippen LogP) is -0.413. The van der Waals surface area contributed by atoms with Crippen molar-refractivity contribution in [3.63, 3.8) is 0 Å². The Bertz CT molecular complexity index is 213. The van der Waals surface area contributed by atoms with E-state index >= 15 is 0 Å². The molecule has 0 bridgehead atoms. The van der Waals surface area contributed by atoms with Crippen LogP contribution in [0.5, 0.6) is 0 Å².